The normalized spacial score (nSPS) is 31.6. The van der Waals surface area contributed by atoms with Crippen LogP contribution >= 0.6 is 0 Å². The van der Waals surface area contributed by atoms with Gasteiger partial charge in [-0.2, -0.15) is 0 Å². The first kappa shape index (κ1) is 29.7. The minimum atomic E-state index is -1.47. The molecule has 0 heterocycles. The van der Waals surface area contributed by atoms with Crippen molar-refractivity contribution in [3.63, 3.8) is 0 Å². The molecule has 4 unspecified atom stereocenters. The third-order valence-electron chi connectivity index (χ3n) is 8.70. The first-order valence-electron chi connectivity index (χ1n) is 15.0. The summed E-state index contributed by atoms with van der Waals surface area (Å²) in [5, 5.41) is 0. The van der Waals surface area contributed by atoms with E-state index in [4.69, 9.17) is 14.4 Å². The fourth-order valence-electron chi connectivity index (χ4n) is 6.57. The maximum Gasteiger partial charge on any atom is 0.183 e. The lowest BCUT2D eigenvalue weighted by Crippen LogP contribution is -2.35. The molecular weight excluding hydrogens is 432 g/mol. The largest absolute Gasteiger partial charge is 0.418 e. The van der Waals surface area contributed by atoms with Gasteiger partial charge >= 0.3 is 0 Å². The summed E-state index contributed by atoms with van der Waals surface area (Å²) in [6.45, 7) is 19.6. The minimum Gasteiger partial charge on any atom is -0.418 e. The molecule has 0 spiro atoms. The molecule has 2 aliphatic carbocycles. The summed E-state index contributed by atoms with van der Waals surface area (Å²) < 4.78 is 6.23. The summed E-state index contributed by atoms with van der Waals surface area (Å²) in [7, 11) is -1.47. The summed E-state index contributed by atoms with van der Waals surface area (Å²) in [6.07, 6.45) is 16.3. The Morgan fingerprint density at radius 1 is 0.676 bits per heavy atom. The second kappa shape index (κ2) is 14.9. The van der Waals surface area contributed by atoms with Crippen LogP contribution in [0, 0.1) is 23.7 Å². The highest BCUT2D eigenvalue weighted by molar-refractivity contribution is 6.69. The van der Waals surface area contributed by atoms with Crippen molar-refractivity contribution in [2.75, 3.05) is 6.61 Å². The Kier molecular flexibility index (Phi) is 13.1. The number of hydrogen-bond acceptors (Lipinski definition) is 3. The van der Waals surface area contributed by atoms with Gasteiger partial charge in [0.25, 0.3) is 0 Å². The van der Waals surface area contributed by atoms with Crippen LogP contribution in [0.4, 0.5) is 0 Å². The molecule has 2 rings (SSSR count). The highest BCUT2D eigenvalue weighted by atomic mass is 28.4. The van der Waals surface area contributed by atoms with Crippen molar-refractivity contribution < 1.29 is 4.43 Å². The first-order chi connectivity index (χ1) is 16.3. The van der Waals surface area contributed by atoms with Gasteiger partial charge in [0.2, 0.25) is 0 Å². The molecule has 0 saturated heterocycles. The van der Waals surface area contributed by atoms with E-state index < -0.39 is 8.32 Å². The summed E-state index contributed by atoms with van der Waals surface area (Å²) >= 11 is 0. The molecule has 2 aliphatic rings. The zero-order chi connectivity index (χ0) is 25.1. The SMILES string of the molecule is CCC(=NC1C(CC)CCCC1CC)C(CCCO[Si](C)(C)C)=NC1C(CC)CCCC1CC. The Morgan fingerprint density at radius 2 is 1.09 bits per heavy atom. The minimum absolute atomic E-state index is 0.490. The molecule has 0 amide bonds. The lowest BCUT2D eigenvalue weighted by Gasteiger charge is -2.37. The zero-order valence-corrected chi connectivity index (χ0v) is 25.2. The Balaban J connectivity index is 2.38. The van der Waals surface area contributed by atoms with E-state index >= 15 is 0 Å². The van der Waals surface area contributed by atoms with Crippen LogP contribution in [-0.4, -0.2) is 38.4 Å². The Labute approximate surface area is 214 Å². The van der Waals surface area contributed by atoms with Gasteiger partial charge in [-0.15, -0.1) is 0 Å². The number of nitrogens with zero attached hydrogens (tertiary/aromatic N) is 2. The Morgan fingerprint density at radius 3 is 1.44 bits per heavy atom. The number of hydrogen-bond donors (Lipinski definition) is 0. The quantitative estimate of drug-likeness (QED) is 0.144. The average molecular weight is 491 g/mol. The van der Waals surface area contributed by atoms with Crippen molar-refractivity contribution in [2.45, 2.75) is 150 Å². The van der Waals surface area contributed by atoms with Crippen LogP contribution in [0.1, 0.15) is 118 Å². The second-order valence-electron chi connectivity index (χ2n) is 12.1. The van der Waals surface area contributed by atoms with E-state index in [1.165, 1.54) is 75.6 Å². The predicted molar refractivity (Wildman–Crippen MR) is 154 cm³/mol. The van der Waals surface area contributed by atoms with Gasteiger partial charge in [-0.05, 0) is 88.3 Å². The van der Waals surface area contributed by atoms with E-state index in [0.29, 0.717) is 12.1 Å². The van der Waals surface area contributed by atoms with Crippen molar-refractivity contribution in [3.8, 4) is 0 Å². The van der Waals surface area contributed by atoms with Crippen LogP contribution in [0.15, 0.2) is 9.98 Å². The number of rotatable bonds is 13. The molecule has 0 aromatic heterocycles. The van der Waals surface area contributed by atoms with Gasteiger partial charge in [0.05, 0.1) is 23.5 Å². The van der Waals surface area contributed by atoms with Crippen LogP contribution in [0.25, 0.3) is 0 Å². The Bertz CT molecular complexity index is 614. The first-order valence-corrected chi connectivity index (χ1v) is 18.5. The lowest BCUT2D eigenvalue weighted by molar-refractivity contribution is 0.211. The van der Waals surface area contributed by atoms with E-state index in [1.54, 1.807) is 0 Å². The molecule has 0 radical (unpaired) electrons. The summed E-state index contributed by atoms with van der Waals surface area (Å²) in [4.78, 5) is 11.3. The fourth-order valence-corrected chi connectivity index (χ4v) is 7.33. The summed E-state index contributed by atoms with van der Waals surface area (Å²) in [6, 6.07) is 0.987. The highest BCUT2D eigenvalue weighted by Crippen LogP contribution is 2.37. The van der Waals surface area contributed by atoms with Gasteiger partial charge < -0.3 is 4.43 Å². The molecule has 0 N–H and O–H groups in total. The summed E-state index contributed by atoms with van der Waals surface area (Å²) in [5.74, 6) is 2.98. The maximum absolute atomic E-state index is 6.23. The van der Waals surface area contributed by atoms with E-state index in [0.717, 1.165) is 49.5 Å². The molecule has 2 fully saturated rings. The van der Waals surface area contributed by atoms with E-state index in [-0.39, 0.29) is 0 Å². The Hall–Kier alpha value is -0.483. The van der Waals surface area contributed by atoms with Gasteiger partial charge in [-0.1, -0.05) is 73.1 Å². The standard InChI is InChI=1S/C30H58N2OSi/c1-9-23-17-14-18-24(10-2)29(23)31-27(13-5)28(21-16-22-33-34(6,7)8)32-30-25(11-3)19-15-20-26(30)12-4/h23-26,29-30H,9-22H2,1-8H3. The topological polar surface area (TPSA) is 34.0 Å². The summed E-state index contributed by atoms with van der Waals surface area (Å²) in [5.41, 5.74) is 2.66. The van der Waals surface area contributed by atoms with Crippen LogP contribution in [-0.2, 0) is 4.43 Å². The second-order valence-corrected chi connectivity index (χ2v) is 16.6. The molecule has 0 aromatic carbocycles. The van der Waals surface area contributed by atoms with Gasteiger partial charge in [-0.3, -0.25) is 9.98 Å². The van der Waals surface area contributed by atoms with Crippen molar-refractivity contribution in [3.05, 3.63) is 0 Å². The molecule has 198 valence electrons. The molecule has 2 saturated carbocycles. The predicted octanol–water partition coefficient (Wildman–Crippen LogP) is 9.12. The molecule has 0 aromatic rings. The van der Waals surface area contributed by atoms with Gasteiger partial charge in [0.15, 0.2) is 8.32 Å². The van der Waals surface area contributed by atoms with Crippen molar-refractivity contribution in [2.24, 2.45) is 33.7 Å². The van der Waals surface area contributed by atoms with E-state index in [2.05, 4.69) is 54.3 Å². The van der Waals surface area contributed by atoms with E-state index in [1.807, 2.05) is 0 Å². The van der Waals surface area contributed by atoms with Crippen LogP contribution in [0.2, 0.25) is 19.6 Å². The monoisotopic (exact) mass is 490 g/mol. The van der Waals surface area contributed by atoms with Crippen molar-refractivity contribution in [1.29, 1.82) is 0 Å². The van der Waals surface area contributed by atoms with Crippen LogP contribution in [0.3, 0.4) is 0 Å². The molecule has 4 atom stereocenters. The van der Waals surface area contributed by atoms with Crippen molar-refractivity contribution >= 4 is 19.7 Å². The average Bonchev–Trinajstić information content (AvgIpc) is 2.83. The van der Waals surface area contributed by atoms with Gasteiger partial charge in [0.1, 0.15) is 0 Å². The molecular formula is C30H58N2OSi. The fraction of sp³-hybridized carbons (Fsp3) is 0.933. The van der Waals surface area contributed by atoms with Crippen LogP contribution < -0.4 is 0 Å². The number of aliphatic imine (C=N–C) groups is 2. The van der Waals surface area contributed by atoms with Crippen LogP contribution in [0.5, 0.6) is 0 Å². The molecule has 34 heavy (non-hydrogen) atoms. The third-order valence-corrected chi connectivity index (χ3v) is 9.77. The molecule has 0 bridgehead atoms. The maximum atomic E-state index is 6.23. The highest BCUT2D eigenvalue weighted by Gasteiger charge is 2.33. The smallest absolute Gasteiger partial charge is 0.183 e. The van der Waals surface area contributed by atoms with Gasteiger partial charge in [0, 0.05) is 6.61 Å². The van der Waals surface area contributed by atoms with Crippen molar-refractivity contribution in [1.82, 2.24) is 0 Å². The molecule has 3 nitrogen and oxygen atoms in total. The van der Waals surface area contributed by atoms with Gasteiger partial charge in [-0.25, -0.2) is 0 Å². The lowest BCUT2D eigenvalue weighted by atomic mass is 9.74. The third kappa shape index (κ3) is 8.87. The molecule has 0 aliphatic heterocycles. The van der Waals surface area contributed by atoms with E-state index in [9.17, 15) is 0 Å². The zero-order valence-electron chi connectivity index (χ0n) is 24.2. The molecule has 4 heteroatoms.